The molecule has 1 aromatic carbocycles. The number of benzene rings is 1. The fourth-order valence-corrected chi connectivity index (χ4v) is 3.68. The standard InChI is InChI=1S/C22H24N6O3/c1-15(20-26-25-18-9-5-6-13-27(18)20)23-19(29)11-10-17-21(30)28(22(31)24-17)14-12-16-7-3-2-4-8-16/h2-9,13,15,17H,10-12,14H2,1H3,(H,23,29)(H,24,31). The summed E-state index contributed by atoms with van der Waals surface area (Å²) in [6, 6.07) is 13.8. The van der Waals surface area contributed by atoms with Crippen molar-refractivity contribution in [2.24, 2.45) is 0 Å². The summed E-state index contributed by atoms with van der Waals surface area (Å²) in [5.41, 5.74) is 1.76. The largest absolute Gasteiger partial charge is 0.346 e. The predicted octanol–water partition coefficient (Wildman–Crippen LogP) is 1.85. The molecule has 3 aromatic rings. The molecule has 9 nitrogen and oxygen atoms in total. The molecule has 2 atom stereocenters. The lowest BCUT2D eigenvalue weighted by Crippen LogP contribution is -2.34. The van der Waals surface area contributed by atoms with Gasteiger partial charge in [-0.1, -0.05) is 36.4 Å². The van der Waals surface area contributed by atoms with Gasteiger partial charge in [0.1, 0.15) is 6.04 Å². The molecule has 4 amide bonds. The average molecular weight is 420 g/mol. The van der Waals surface area contributed by atoms with Gasteiger partial charge in [-0.25, -0.2) is 4.79 Å². The molecule has 4 rings (SSSR count). The van der Waals surface area contributed by atoms with E-state index in [4.69, 9.17) is 0 Å². The third kappa shape index (κ3) is 4.55. The summed E-state index contributed by atoms with van der Waals surface area (Å²) in [6.07, 6.45) is 2.79. The van der Waals surface area contributed by atoms with E-state index in [1.54, 1.807) is 0 Å². The molecule has 0 saturated carbocycles. The maximum absolute atomic E-state index is 12.6. The van der Waals surface area contributed by atoms with Crippen LogP contribution in [0.5, 0.6) is 0 Å². The monoisotopic (exact) mass is 420 g/mol. The molecule has 1 aliphatic heterocycles. The molecule has 1 aliphatic rings. The van der Waals surface area contributed by atoms with E-state index in [0.29, 0.717) is 24.4 Å². The Morgan fingerprint density at radius 3 is 2.71 bits per heavy atom. The van der Waals surface area contributed by atoms with Crippen LogP contribution in [0.3, 0.4) is 0 Å². The van der Waals surface area contributed by atoms with Crippen LogP contribution < -0.4 is 10.6 Å². The number of imide groups is 1. The number of carbonyl (C=O) groups excluding carboxylic acids is 3. The molecule has 1 saturated heterocycles. The number of pyridine rings is 1. The number of nitrogens with zero attached hydrogens (tertiary/aromatic N) is 4. The number of amides is 4. The van der Waals surface area contributed by atoms with E-state index < -0.39 is 12.1 Å². The second-order valence-electron chi connectivity index (χ2n) is 7.54. The number of rotatable bonds is 8. The van der Waals surface area contributed by atoms with E-state index in [9.17, 15) is 14.4 Å². The first-order valence-corrected chi connectivity index (χ1v) is 10.3. The van der Waals surface area contributed by atoms with E-state index in [1.807, 2.05) is 66.1 Å². The summed E-state index contributed by atoms with van der Waals surface area (Å²) in [4.78, 5) is 38.4. The Hall–Kier alpha value is -3.75. The molecule has 3 heterocycles. The van der Waals surface area contributed by atoms with E-state index in [0.717, 1.165) is 5.56 Å². The minimum Gasteiger partial charge on any atom is -0.346 e. The minimum absolute atomic E-state index is 0.115. The summed E-state index contributed by atoms with van der Waals surface area (Å²) in [5.74, 6) is 0.122. The summed E-state index contributed by atoms with van der Waals surface area (Å²) < 4.78 is 1.82. The second kappa shape index (κ2) is 8.95. The molecule has 0 bridgehead atoms. The average Bonchev–Trinajstić information content (AvgIpc) is 3.32. The Morgan fingerprint density at radius 2 is 1.90 bits per heavy atom. The third-order valence-electron chi connectivity index (χ3n) is 5.34. The van der Waals surface area contributed by atoms with Crippen molar-refractivity contribution in [3.63, 3.8) is 0 Å². The maximum atomic E-state index is 12.6. The van der Waals surface area contributed by atoms with Crippen molar-refractivity contribution in [1.29, 1.82) is 0 Å². The molecule has 160 valence electrons. The zero-order valence-corrected chi connectivity index (χ0v) is 17.2. The van der Waals surface area contributed by atoms with Gasteiger partial charge in [-0.3, -0.25) is 18.9 Å². The highest BCUT2D eigenvalue weighted by molar-refractivity contribution is 6.04. The van der Waals surface area contributed by atoms with Gasteiger partial charge in [0.2, 0.25) is 5.91 Å². The molecular formula is C22H24N6O3. The number of nitrogens with one attached hydrogen (secondary N) is 2. The van der Waals surface area contributed by atoms with E-state index in [-0.39, 0.29) is 30.7 Å². The van der Waals surface area contributed by atoms with Gasteiger partial charge in [0.15, 0.2) is 11.5 Å². The lowest BCUT2D eigenvalue weighted by molar-refractivity contribution is -0.127. The van der Waals surface area contributed by atoms with Crippen molar-refractivity contribution < 1.29 is 14.4 Å². The lowest BCUT2D eigenvalue weighted by Gasteiger charge is -2.14. The zero-order valence-electron chi connectivity index (χ0n) is 17.2. The number of fused-ring (bicyclic) bond motifs is 1. The van der Waals surface area contributed by atoms with Crippen LogP contribution in [-0.2, 0) is 16.0 Å². The molecule has 0 spiro atoms. The SMILES string of the molecule is CC(NC(=O)CCC1NC(=O)N(CCc2ccccc2)C1=O)c1nnc2ccccn12. The van der Waals surface area contributed by atoms with Crippen LogP contribution in [0.1, 0.15) is 37.2 Å². The van der Waals surface area contributed by atoms with Crippen LogP contribution in [0.15, 0.2) is 54.7 Å². The molecule has 2 aromatic heterocycles. The highest BCUT2D eigenvalue weighted by Gasteiger charge is 2.37. The van der Waals surface area contributed by atoms with E-state index in [2.05, 4.69) is 20.8 Å². The van der Waals surface area contributed by atoms with Crippen LogP contribution in [0, 0.1) is 0 Å². The molecule has 9 heteroatoms. The number of aromatic nitrogens is 3. The number of carbonyl (C=O) groups is 3. The first kappa shape index (κ1) is 20.5. The van der Waals surface area contributed by atoms with Gasteiger partial charge in [-0.05, 0) is 37.5 Å². The van der Waals surface area contributed by atoms with Crippen LogP contribution in [0.25, 0.3) is 5.65 Å². The van der Waals surface area contributed by atoms with Gasteiger partial charge in [-0.15, -0.1) is 10.2 Å². The van der Waals surface area contributed by atoms with Crippen molar-refractivity contribution in [2.45, 2.75) is 38.3 Å². The highest BCUT2D eigenvalue weighted by atomic mass is 16.2. The Kier molecular flexibility index (Phi) is 5.92. The first-order valence-electron chi connectivity index (χ1n) is 10.3. The second-order valence-corrected chi connectivity index (χ2v) is 7.54. The minimum atomic E-state index is -0.682. The molecule has 0 radical (unpaired) electrons. The molecule has 31 heavy (non-hydrogen) atoms. The van der Waals surface area contributed by atoms with Gasteiger partial charge in [0, 0.05) is 19.2 Å². The van der Waals surface area contributed by atoms with Crippen LogP contribution in [0.2, 0.25) is 0 Å². The molecule has 2 N–H and O–H groups in total. The zero-order chi connectivity index (χ0) is 21.8. The lowest BCUT2D eigenvalue weighted by atomic mass is 10.1. The van der Waals surface area contributed by atoms with Gasteiger partial charge in [-0.2, -0.15) is 0 Å². The smallest absolute Gasteiger partial charge is 0.324 e. The normalized spacial score (nSPS) is 17.1. The number of hydrogen-bond acceptors (Lipinski definition) is 5. The van der Waals surface area contributed by atoms with Gasteiger partial charge >= 0.3 is 6.03 Å². The maximum Gasteiger partial charge on any atom is 0.324 e. The van der Waals surface area contributed by atoms with Crippen LogP contribution >= 0.6 is 0 Å². The fourth-order valence-electron chi connectivity index (χ4n) is 3.68. The summed E-state index contributed by atoms with van der Waals surface area (Å²) in [5, 5.41) is 13.8. The van der Waals surface area contributed by atoms with Gasteiger partial charge in [0.05, 0.1) is 6.04 Å². The Balaban J connectivity index is 1.28. The van der Waals surface area contributed by atoms with Crippen LogP contribution in [0.4, 0.5) is 4.79 Å². The molecule has 1 fully saturated rings. The quantitative estimate of drug-likeness (QED) is 0.541. The van der Waals surface area contributed by atoms with Crippen molar-refractivity contribution in [3.05, 3.63) is 66.1 Å². The van der Waals surface area contributed by atoms with E-state index in [1.165, 1.54) is 4.90 Å². The Labute approximate surface area is 179 Å². The number of hydrogen-bond donors (Lipinski definition) is 2. The fraction of sp³-hybridized carbons (Fsp3) is 0.318. The van der Waals surface area contributed by atoms with Crippen LogP contribution in [-0.4, -0.2) is 49.9 Å². The van der Waals surface area contributed by atoms with Crippen molar-refractivity contribution >= 4 is 23.5 Å². The van der Waals surface area contributed by atoms with Gasteiger partial charge in [0.25, 0.3) is 5.91 Å². The van der Waals surface area contributed by atoms with Crippen molar-refractivity contribution in [3.8, 4) is 0 Å². The topological polar surface area (TPSA) is 109 Å². The van der Waals surface area contributed by atoms with Crippen molar-refractivity contribution in [2.75, 3.05) is 6.54 Å². The Morgan fingerprint density at radius 1 is 1.13 bits per heavy atom. The Bertz CT molecular complexity index is 1100. The summed E-state index contributed by atoms with van der Waals surface area (Å²) in [7, 11) is 0. The molecule has 2 unspecified atom stereocenters. The molecular weight excluding hydrogens is 396 g/mol. The van der Waals surface area contributed by atoms with Gasteiger partial charge < -0.3 is 10.6 Å². The summed E-state index contributed by atoms with van der Waals surface area (Å²) >= 11 is 0. The van der Waals surface area contributed by atoms with E-state index >= 15 is 0 Å². The predicted molar refractivity (Wildman–Crippen MR) is 113 cm³/mol. The first-order chi connectivity index (χ1) is 15.0. The summed E-state index contributed by atoms with van der Waals surface area (Å²) in [6.45, 7) is 2.14. The molecule has 0 aliphatic carbocycles. The third-order valence-corrected chi connectivity index (χ3v) is 5.34. The number of urea groups is 1. The van der Waals surface area contributed by atoms with Crippen molar-refractivity contribution in [1.82, 2.24) is 30.1 Å². The highest BCUT2D eigenvalue weighted by Crippen LogP contribution is 2.15.